The van der Waals surface area contributed by atoms with Gasteiger partial charge in [0.25, 0.3) is 0 Å². The number of aromatic nitrogens is 4. The Morgan fingerprint density at radius 3 is 2.52 bits per heavy atom. The summed E-state index contributed by atoms with van der Waals surface area (Å²) in [5.74, 6) is 1.41. The third-order valence-corrected chi connectivity index (χ3v) is 4.44. The summed E-state index contributed by atoms with van der Waals surface area (Å²) in [6.07, 6.45) is 0.610. The second-order valence-corrected chi connectivity index (χ2v) is 6.11. The summed E-state index contributed by atoms with van der Waals surface area (Å²) in [6.45, 7) is 2.54. The van der Waals surface area contributed by atoms with Crippen molar-refractivity contribution in [2.45, 2.75) is 13.3 Å². The van der Waals surface area contributed by atoms with Crippen LogP contribution < -0.4 is 4.90 Å². The van der Waals surface area contributed by atoms with E-state index in [-0.39, 0.29) is 5.82 Å². The van der Waals surface area contributed by atoms with Gasteiger partial charge in [-0.1, -0.05) is 42.5 Å². The van der Waals surface area contributed by atoms with Crippen molar-refractivity contribution in [3.05, 3.63) is 65.7 Å². The van der Waals surface area contributed by atoms with Crippen molar-refractivity contribution >= 4 is 22.2 Å². The lowest BCUT2D eigenvalue weighted by molar-refractivity contribution is 0.608. The smallest absolute Gasteiger partial charge is 0.185 e. The first-order valence-electron chi connectivity index (χ1n) is 8.20. The van der Waals surface area contributed by atoms with E-state index < -0.39 is 0 Å². The number of aryl methyl sites for hydroxylation is 1. The molecule has 0 spiro atoms. The maximum atomic E-state index is 13.9. The van der Waals surface area contributed by atoms with Gasteiger partial charge in [-0.25, -0.2) is 4.39 Å². The molecule has 0 N–H and O–H groups in total. The van der Waals surface area contributed by atoms with Gasteiger partial charge in [-0.3, -0.25) is 0 Å². The minimum absolute atomic E-state index is 0.168. The van der Waals surface area contributed by atoms with Crippen molar-refractivity contribution < 1.29 is 4.39 Å². The number of anilines is 1. The van der Waals surface area contributed by atoms with E-state index in [2.05, 4.69) is 10.2 Å². The van der Waals surface area contributed by atoms with Gasteiger partial charge in [0.2, 0.25) is 0 Å². The summed E-state index contributed by atoms with van der Waals surface area (Å²) in [5, 5.41) is 15.1. The lowest BCUT2D eigenvalue weighted by atomic mass is 10.1. The molecule has 0 amide bonds. The third kappa shape index (κ3) is 2.69. The third-order valence-electron chi connectivity index (χ3n) is 4.44. The lowest BCUT2D eigenvalue weighted by Crippen LogP contribution is -2.23. The first-order chi connectivity index (χ1) is 12.1. The minimum Gasteiger partial charge on any atom is -0.357 e. The number of hydrogen-bond acceptors (Lipinski definition) is 4. The van der Waals surface area contributed by atoms with E-state index in [4.69, 9.17) is 5.10 Å². The van der Waals surface area contributed by atoms with Crippen LogP contribution in [0.2, 0.25) is 0 Å². The number of rotatable bonds is 4. The molecule has 0 saturated carbocycles. The summed E-state index contributed by atoms with van der Waals surface area (Å²) in [6, 6.07) is 14.9. The molecule has 2 aromatic heterocycles. The zero-order valence-corrected chi connectivity index (χ0v) is 14.1. The molecule has 0 radical (unpaired) electrons. The van der Waals surface area contributed by atoms with Crippen LogP contribution in [0.15, 0.2) is 48.5 Å². The number of hydrogen-bond donors (Lipinski definition) is 0. The van der Waals surface area contributed by atoms with Crippen molar-refractivity contribution in [3.63, 3.8) is 0 Å². The van der Waals surface area contributed by atoms with Gasteiger partial charge in [-0.05, 0) is 25.0 Å². The van der Waals surface area contributed by atoms with Crippen LogP contribution in [-0.4, -0.2) is 33.4 Å². The summed E-state index contributed by atoms with van der Waals surface area (Å²) in [7, 11) is 1.97. The highest BCUT2D eigenvalue weighted by atomic mass is 19.1. The van der Waals surface area contributed by atoms with E-state index in [0.717, 1.165) is 28.1 Å². The van der Waals surface area contributed by atoms with Crippen LogP contribution in [0, 0.1) is 12.7 Å². The average Bonchev–Trinajstić information content (AvgIpc) is 3.01. The Kier molecular flexibility index (Phi) is 3.80. The van der Waals surface area contributed by atoms with Crippen LogP contribution in [0.1, 0.15) is 11.4 Å². The molecule has 0 saturated heterocycles. The maximum absolute atomic E-state index is 13.9. The summed E-state index contributed by atoms with van der Waals surface area (Å²) >= 11 is 0. The number of likely N-dealkylation sites (N-methyl/N-ethyl adjacent to an activating group) is 1. The van der Waals surface area contributed by atoms with Crippen molar-refractivity contribution in [1.82, 2.24) is 19.8 Å². The second kappa shape index (κ2) is 6.12. The lowest BCUT2D eigenvalue weighted by Gasteiger charge is -2.20. The Bertz CT molecular complexity index is 1060. The minimum atomic E-state index is -0.168. The topological polar surface area (TPSA) is 46.3 Å². The van der Waals surface area contributed by atoms with Crippen LogP contribution in [0.3, 0.4) is 0 Å². The first-order valence-corrected chi connectivity index (χ1v) is 8.20. The zero-order valence-electron chi connectivity index (χ0n) is 14.1. The van der Waals surface area contributed by atoms with Crippen molar-refractivity contribution in [3.8, 4) is 0 Å². The van der Waals surface area contributed by atoms with Crippen molar-refractivity contribution in [2.24, 2.45) is 0 Å². The van der Waals surface area contributed by atoms with Gasteiger partial charge in [0.15, 0.2) is 17.3 Å². The molecule has 126 valence electrons. The Labute approximate surface area is 144 Å². The van der Waals surface area contributed by atoms with Crippen LogP contribution >= 0.6 is 0 Å². The fourth-order valence-corrected chi connectivity index (χ4v) is 3.04. The highest BCUT2D eigenvalue weighted by Crippen LogP contribution is 2.27. The van der Waals surface area contributed by atoms with Crippen LogP contribution in [0.5, 0.6) is 0 Å². The standard InChI is InChI=1S/C19H18FN5/c1-13-21-22-18-15-8-4-5-9-16(15)19(23-25(13)18)24(2)12-11-14-7-3-6-10-17(14)20/h3-10H,11-12H2,1-2H3. The molecule has 25 heavy (non-hydrogen) atoms. The molecule has 0 aliphatic carbocycles. The normalized spacial score (nSPS) is 11.3. The molecule has 0 aliphatic rings. The average molecular weight is 335 g/mol. The quantitative estimate of drug-likeness (QED) is 0.573. The molecule has 6 heteroatoms. The second-order valence-electron chi connectivity index (χ2n) is 6.11. The predicted octanol–water partition coefficient (Wildman–Crippen LogP) is 3.40. The molecule has 2 heterocycles. The predicted molar refractivity (Wildman–Crippen MR) is 96.4 cm³/mol. The number of fused-ring (bicyclic) bond motifs is 3. The number of halogens is 1. The molecular formula is C19H18FN5. The van der Waals surface area contributed by atoms with E-state index in [1.807, 2.05) is 55.3 Å². The molecule has 2 aromatic carbocycles. The van der Waals surface area contributed by atoms with E-state index in [1.165, 1.54) is 6.07 Å². The van der Waals surface area contributed by atoms with Gasteiger partial charge < -0.3 is 4.90 Å². The SMILES string of the molecule is Cc1nnc2c3ccccc3c(N(C)CCc3ccccc3F)nn12. The molecule has 5 nitrogen and oxygen atoms in total. The Morgan fingerprint density at radius 1 is 1.00 bits per heavy atom. The van der Waals surface area contributed by atoms with E-state index in [0.29, 0.717) is 18.5 Å². The van der Waals surface area contributed by atoms with Gasteiger partial charge >= 0.3 is 0 Å². The molecule has 0 bridgehead atoms. The van der Waals surface area contributed by atoms with E-state index in [1.54, 1.807) is 10.6 Å². The highest BCUT2D eigenvalue weighted by Gasteiger charge is 2.15. The molecule has 0 unspecified atom stereocenters. The van der Waals surface area contributed by atoms with Crippen LogP contribution in [-0.2, 0) is 6.42 Å². The Morgan fingerprint density at radius 2 is 1.72 bits per heavy atom. The van der Waals surface area contributed by atoms with Crippen LogP contribution in [0.4, 0.5) is 10.2 Å². The summed E-state index contributed by atoms with van der Waals surface area (Å²) in [5.41, 5.74) is 1.46. The molecule has 0 aliphatic heterocycles. The van der Waals surface area contributed by atoms with E-state index >= 15 is 0 Å². The van der Waals surface area contributed by atoms with Gasteiger partial charge in [0, 0.05) is 24.4 Å². The van der Waals surface area contributed by atoms with Gasteiger partial charge in [-0.2, -0.15) is 4.52 Å². The van der Waals surface area contributed by atoms with Gasteiger partial charge in [-0.15, -0.1) is 15.3 Å². The zero-order chi connectivity index (χ0) is 17.4. The van der Waals surface area contributed by atoms with Gasteiger partial charge in [0.05, 0.1) is 0 Å². The molecule has 4 rings (SSSR count). The van der Waals surface area contributed by atoms with Crippen LogP contribution in [0.25, 0.3) is 16.4 Å². The first kappa shape index (κ1) is 15.5. The highest BCUT2D eigenvalue weighted by molar-refractivity contribution is 6.00. The molecule has 0 atom stereocenters. The van der Waals surface area contributed by atoms with Crippen molar-refractivity contribution in [2.75, 3.05) is 18.5 Å². The Hall–Kier alpha value is -3.02. The summed E-state index contributed by atoms with van der Waals surface area (Å²) in [4.78, 5) is 2.05. The Balaban J connectivity index is 1.74. The van der Waals surface area contributed by atoms with Gasteiger partial charge in [0.1, 0.15) is 5.82 Å². The number of nitrogens with zero attached hydrogens (tertiary/aromatic N) is 5. The molecule has 4 aromatic rings. The van der Waals surface area contributed by atoms with Crippen molar-refractivity contribution in [1.29, 1.82) is 0 Å². The fraction of sp³-hybridized carbons (Fsp3) is 0.211. The fourth-order valence-electron chi connectivity index (χ4n) is 3.04. The molecular weight excluding hydrogens is 317 g/mol. The number of benzene rings is 2. The summed E-state index contributed by atoms with van der Waals surface area (Å²) < 4.78 is 15.6. The largest absolute Gasteiger partial charge is 0.357 e. The molecule has 0 fully saturated rings. The maximum Gasteiger partial charge on any atom is 0.185 e. The monoisotopic (exact) mass is 335 g/mol. The van der Waals surface area contributed by atoms with E-state index in [9.17, 15) is 4.39 Å².